The van der Waals surface area contributed by atoms with E-state index >= 15 is 0 Å². The van der Waals surface area contributed by atoms with E-state index in [2.05, 4.69) is 20.2 Å². The average Bonchev–Trinajstić information content (AvgIpc) is 3.18. The van der Waals surface area contributed by atoms with Gasteiger partial charge in [0.15, 0.2) is 0 Å². The predicted octanol–water partition coefficient (Wildman–Crippen LogP) is 3.44. The standard InChI is InChI=1S/C15H17ClN4O/c1-10(21)19-15-5-2-11(6-14(15)16)18-8-13-7-17-9-20(13)12-3-4-12/h2,5-7,9,12,18H,3-4,8H2,1H3,(H,19,21). The van der Waals surface area contributed by atoms with Gasteiger partial charge < -0.3 is 15.2 Å². The van der Waals surface area contributed by atoms with Crippen LogP contribution in [-0.2, 0) is 11.3 Å². The maximum absolute atomic E-state index is 11.0. The molecule has 1 aromatic heterocycles. The van der Waals surface area contributed by atoms with Gasteiger partial charge in [0.2, 0.25) is 5.91 Å². The fourth-order valence-corrected chi connectivity index (χ4v) is 2.49. The van der Waals surface area contributed by atoms with Crippen LogP contribution in [0.1, 0.15) is 31.5 Å². The lowest BCUT2D eigenvalue weighted by molar-refractivity contribution is -0.114. The van der Waals surface area contributed by atoms with Crippen LogP contribution in [0.3, 0.4) is 0 Å². The normalized spacial score (nSPS) is 14.0. The number of amides is 1. The zero-order valence-corrected chi connectivity index (χ0v) is 12.5. The Kier molecular flexibility index (Phi) is 3.84. The molecule has 3 rings (SSSR count). The van der Waals surface area contributed by atoms with Gasteiger partial charge in [-0.1, -0.05) is 11.6 Å². The third-order valence-corrected chi connectivity index (χ3v) is 3.75. The molecule has 0 saturated heterocycles. The average molecular weight is 305 g/mol. The van der Waals surface area contributed by atoms with Crippen LogP contribution in [0.4, 0.5) is 11.4 Å². The van der Waals surface area contributed by atoms with Crippen LogP contribution in [0.25, 0.3) is 0 Å². The van der Waals surface area contributed by atoms with E-state index in [-0.39, 0.29) is 5.91 Å². The fourth-order valence-electron chi connectivity index (χ4n) is 2.26. The highest BCUT2D eigenvalue weighted by Crippen LogP contribution is 2.35. The molecule has 1 aromatic carbocycles. The largest absolute Gasteiger partial charge is 0.379 e. The van der Waals surface area contributed by atoms with Gasteiger partial charge in [-0.2, -0.15) is 0 Å². The molecule has 21 heavy (non-hydrogen) atoms. The summed E-state index contributed by atoms with van der Waals surface area (Å²) < 4.78 is 2.22. The molecule has 1 aliphatic rings. The Morgan fingerprint density at radius 3 is 2.95 bits per heavy atom. The van der Waals surface area contributed by atoms with Crippen molar-refractivity contribution in [3.63, 3.8) is 0 Å². The van der Waals surface area contributed by atoms with Crippen LogP contribution in [0.5, 0.6) is 0 Å². The number of imidazole rings is 1. The molecule has 1 saturated carbocycles. The highest BCUT2D eigenvalue weighted by molar-refractivity contribution is 6.34. The van der Waals surface area contributed by atoms with Crippen molar-refractivity contribution in [2.24, 2.45) is 0 Å². The van der Waals surface area contributed by atoms with E-state index < -0.39 is 0 Å². The van der Waals surface area contributed by atoms with Gasteiger partial charge in [-0.25, -0.2) is 4.98 Å². The van der Waals surface area contributed by atoms with Gasteiger partial charge in [0.25, 0.3) is 0 Å². The van der Waals surface area contributed by atoms with E-state index in [9.17, 15) is 4.79 Å². The Hall–Kier alpha value is -2.01. The van der Waals surface area contributed by atoms with Crippen molar-refractivity contribution >= 4 is 28.9 Å². The number of nitrogens with one attached hydrogen (secondary N) is 2. The number of hydrogen-bond acceptors (Lipinski definition) is 3. The van der Waals surface area contributed by atoms with Crippen LogP contribution in [0, 0.1) is 0 Å². The molecule has 2 N–H and O–H groups in total. The van der Waals surface area contributed by atoms with Gasteiger partial charge in [-0.15, -0.1) is 0 Å². The van der Waals surface area contributed by atoms with Crippen LogP contribution < -0.4 is 10.6 Å². The summed E-state index contributed by atoms with van der Waals surface area (Å²) in [6.45, 7) is 2.16. The van der Waals surface area contributed by atoms with Crippen LogP contribution in [-0.4, -0.2) is 15.5 Å². The first-order valence-corrected chi connectivity index (χ1v) is 7.33. The van der Waals surface area contributed by atoms with Crippen molar-refractivity contribution in [2.45, 2.75) is 32.4 Å². The maximum atomic E-state index is 11.0. The number of benzene rings is 1. The van der Waals surface area contributed by atoms with Crippen molar-refractivity contribution in [3.05, 3.63) is 41.4 Å². The first kappa shape index (κ1) is 13.9. The molecule has 1 amide bonds. The molecule has 2 aromatic rings. The van der Waals surface area contributed by atoms with E-state index in [1.807, 2.05) is 24.7 Å². The second kappa shape index (κ2) is 5.77. The molecule has 1 heterocycles. The summed E-state index contributed by atoms with van der Waals surface area (Å²) in [5.74, 6) is -0.133. The Balaban J connectivity index is 1.66. The molecule has 0 radical (unpaired) electrons. The number of anilines is 2. The fraction of sp³-hybridized carbons (Fsp3) is 0.333. The minimum absolute atomic E-state index is 0.133. The number of aromatic nitrogens is 2. The second-order valence-electron chi connectivity index (χ2n) is 5.25. The maximum Gasteiger partial charge on any atom is 0.221 e. The van der Waals surface area contributed by atoms with Gasteiger partial charge in [-0.3, -0.25) is 4.79 Å². The highest BCUT2D eigenvalue weighted by Gasteiger charge is 2.24. The lowest BCUT2D eigenvalue weighted by Gasteiger charge is -2.11. The number of rotatable bonds is 5. The Morgan fingerprint density at radius 2 is 2.29 bits per heavy atom. The lowest BCUT2D eigenvalue weighted by atomic mass is 10.2. The molecule has 1 fully saturated rings. The number of carbonyl (C=O) groups is 1. The first-order valence-electron chi connectivity index (χ1n) is 6.95. The van der Waals surface area contributed by atoms with E-state index in [0.717, 1.165) is 5.69 Å². The Labute approximate surface area is 128 Å². The zero-order chi connectivity index (χ0) is 14.8. The number of nitrogens with zero attached hydrogens (tertiary/aromatic N) is 2. The third kappa shape index (κ3) is 3.36. The zero-order valence-electron chi connectivity index (χ0n) is 11.8. The summed E-state index contributed by atoms with van der Waals surface area (Å²) in [6, 6.07) is 6.12. The summed E-state index contributed by atoms with van der Waals surface area (Å²) in [7, 11) is 0. The molecule has 6 heteroatoms. The molecule has 0 unspecified atom stereocenters. The molecule has 110 valence electrons. The summed E-state index contributed by atoms with van der Waals surface area (Å²) >= 11 is 6.15. The van der Waals surface area contributed by atoms with Gasteiger partial charge in [-0.05, 0) is 31.0 Å². The number of carbonyl (C=O) groups excluding carboxylic acids is 1. The summed E-state index contributed by atoms with van der Waals surface area (Å²) in [4.78, 5) is 15.3. The smallest absolute Gasteiger partial charge is 0.221 e. The predicted molar refractivity (Wildman–Crippen MR) is 83.6 cm³/mol. The van der Waals surface area contributed by atoms with Crippen molar-refractivity contribution in [3.8, 4) is 0 Å². The first-order chi connectivity index (χ1) is 10.1. The molecular formula is C15H17ClN4O. The van der Waals surface area contributed by atoms with E-state index in [1.165, 1.54) is 25.5 Å². The molecule has 0 bridgehead atoms. The van der Waals surface area contributed by atoms with E-state index in [1.54, 1.807) is 6.07 Å². The minimum Gasteiger partial charge on any atom is -0.379 e. The van der Waals surface area contributed by atoms with E-state index in [4.69, 9.17) is 11.6 Å². The topological polar surface area (TPSA) is 59.0 Å². The molecule has 5 nitrogen and oxygen atoms in total. The van der Waals surface area contributed by atoms with Gasteiger partial charge in [0.05, 0.1) is 29.3 Å². The molecule has 1 aliphatic carbocycles. The van der Waals surface area contributed by atoms with Crippen LogP contribution in [0.2, 0.25) is 5.02 Å². The second-order valence-corrected chi connectivity index (χ2v) is 5.66. The Morgan fingerprint density at radius 1 is 1.48 bits per heavy atom. The van der Waals surface area contributed by atoms with Crippen LogP contribution in [0.15, 0.2) is 30.7 Å². The number of hydrogen-bond donors (Lipinski definition) is 2. The lowest BCUT2D eigenvalue weighted by Crippen LogP contribution is -2.08. The van der Waals surface area contributed by atoms with Crippen molar-refractivity contribution in [2.75, 3.05) is 10.6 Å². The molecular weight excluding hydrogens is 288 g/mol. The summed E-state index contributed by atoms with van der Waals surface area (Å²) in [5, 5.41) is 6.54. The monoisotopic (exact) mass is 304 g/mol. The summed E-state index contributed by atoms with van der Waals surface area (Å²) in [6.07, 6.45) is 6.25. The molecule has 0 aliphatic heterocycles. The third-order valence-electron chi connectivity index (χ3n) is 3.44. The Bertz CT molecular complexity index is 663. The van der Waals surface area contributed by atoms with Crippen molar-refractivity contribution in [1.29, 1.82) is 0 Å². The van der Waals surface area contributed by atoms with E-state index in [0.29, 0.717) is 23.3 Å². The van der Waals surface area contributed by atoms with Gasteiger partial charge >= 0.3 is 0 Å². The van der Waals surface area contributed by atoms with Gasteiger partial charge in [0.1, 0.15) is 0 Å². The van der Waals surface area contributed by atoms with Crippen molar-refractivity contribution < 1.29 is 4.79 Å². The molecule has 0 atom stereocenters. The molecule has 0 spiro atoms. The highest BCUT2D eigenvalue weighted by atomic mass is 35.5. The van der Waals surface area contributed by atoms with Crippen LogP contribution >= 0.6 is 11.6 Å². The minimum atomic E-state index is -0.133. The number of halogens is 1. The van der Waals surface area contributed by atoms with Gasteiger partial charge in [0, 0.05) is 24.8 Å². The summed E-state index contributed by atoms with van der Waals surface area (Å²) in [5.41, 5.74) is 2.70. The SMILES string of the molecule is CC(=O)Nc1ccc(NCc2cncn2C2CC2)cc1Cl. The van der Waals surface area contributed by atoms with Crippen molar-refractivity contribution in [1.82, 2.24) is 9.55 Å². The quantitative estimate of drug-likeness (QED) is 0.889.